The lowest BCUT2D eigenvalue weighted by Gasteiger charge is -2.31. The summed E-state index contributed by atoms with van der Waals surface area (Å²) in [6, 6.07) is 0.133. The van der Waals surface area contributed by atoms with Crippen molar-refractivity contribution in [3.8, 4) is 0 Å². The minimum atomic E-state index is -4.62. The molecule has 22 heavy (non-hydrogen) atoms. The second-order valence-corrected chi connectivity index (χ2v) is 6.69. The largest absolute Gasteiger partial charge is 0.480 e. The first-order valence-electron chi connectivity index (χ1n) is 6.42. The van der Waals surface area contributed by atoms with Gasteiger partial charge in [0.1, 0.15) is 6.04 Å². The molecule has 0 aliphatic carbocycles. The molecule has 1 atom stereocenters. The Hall–Kier alpha value is -1.68. The van der Waals surface area contributed by atoms with Gasteiger partial charge in [0, 0.05) is 12.7 Å². The van der Waals surface area contributed by atoms with Crippen LogP contribution in [-0.4, -0.2) is 41.4 Å². The number of piperidine rings is 1. The van der Waals surface area contributed by atoms with Gasteiger partial charge in [-0.3, -0.25) is 4.79 Å². The van der Waals surface area contributed by atoms with Gasteiger partial charge in [0.25, 0.3) is 10.0 Å². The summed E-state index contributed by atoms with van der Waals surface area (Å²) < 4.78 is 62.9. The average Bonchev–Trinajstić information content (AvgIpc) is 2.46. The fraction of sp³-hybridized carbons (Fsp3) is 0.500. The Morgan fingerprint density at radius 2 is 2.00 bits per heavy atom. The molecule has 1 unspecified atom stereocenters. The maximum absolute atomic E-state index is 12.5. The van der Waals surface area contributed by atoms with Gasteiger partial charge < -0.3 is 5.11 Å². The van der Waals surface area contributed by atoms with E-state index in [1.165, 1.54) is 0 Å². The fourth-order valence-electron chi connectivity index (χ4n) is 2.26. The van der Waals surface area contributed by atoms with Crippen molar-refractivity contribution in [1.82, 2.24) is 9.29 Å². The molecule has 1 aromatic rings. The highest BCUT2D eigenvalue weighted by atomic mass is 32.2. The van der Waals surface area contributed by atoms with Gasteiger partial charge in [-0.25, -0.2) is 13.4 Å². The smallest absolute Gasteiger partial charge is 0.417 e. The molecular weight excluding hydrogens is 325 g/mol. The molecule has 0 radical (unpaired) electrons. The molecule has 1 aliphatic rings. The minimum absolute atomic E-state index is 0.00199. The Kier molecular flexibility index (Phi) is 4.43. The number of nitrogens with zero attached hydrogens (tertiary/aromatic N) is 2. The third-order valence-corrected chi connectivity index (χ3v) is 5.20. The van der Waals surface area contributed by atoms with Crippen LogP contribution in [-0.2, 0) is 21.0 Å². The van der Waals surface area contributed by atoms with Gasteiger partial charge in [-0.15, -0.1) is 0 Å². The van der Waals surface area contributed by atoms with E-state index in [0.29, 0.717) is 25.1 Å². The molecule has 122 valence electrons. The van der Waals surface area contributed by atoms with Crippen molar-refractivity contribution in [2.45, 2.75) is 36.5 Å². The van der Waals surface area contributed by atoms with Crippen LogP contribution >= 0.6 is 0 Å². The van der Waals surface area contributed by atoms with Gasteiger partial charge in [0.2, 0.25) is 0 Å². The van der Waals surface area contributed by atoms with Crippen LogP contribution in [0.4, 0.5) is 13.2 Å². The van der Waals surface area contributed by atoms with Crippen LogP contribution in [0.15, 0.2) is 23.4 Å². The average molecular weight is 338 g/mol. The number of carboxylic acid groups (broad SMARTS) is 1. The fourth-order valence-corrected chi connectivity index (χ4v) is 3.83. The predicted molar refractivity (Wildman–Crippen MR) is 68.4 cm³/mol. The molecule has 10 heteroatoms. The highest BCUT2D eigenvalue weighted by molar-refractivity contribution is 7.89. The monoisotopic (exact) mass is 338 g/mol. The number of hydrogen-bond acceptors (Lipinski definition) is 4. The molecule has 2 rings (SSSR count). The number of alkyl halides is 3. The summed E-state index contributed by atoms with van der Waals surface area (Å²) in [4.78, 5) is 14.5. The standard InChI is InChI=1S/C12H13F3N2O4S/c13-12(14,15)8-4-5-10(16-7-8)22(20,21)17-6-2-1-3-9(17)11(18)19/h4-5,7,9H,1-3,6H2,(H,18,19). The summed E-state index contributed by atoms with van der Waals surface area (Å²) in [5.41, 5.74) is -1.07. The Bertz CT molecular complexity index is 658. The third kappa shape index (κ3) is 3.22. The maximum Gasteiger partial charge on any atom is 0.417 e. The van der Waals surface area contributed by atoms with Gasteiger partial charge in [-0.05, 0) is 31.4 Å². The summed E-state index contributed by atoms with van der Waals surface area (Å²) in [6.07, 6.45) is -2.97. The van der Waals surface area contributed by atoms with Crippen molar-refractivity contribution in [1.29, 1.82) is 0 Å². The van der Waals surface area contributed by atoms with E-state index >= 15 is 0 Å². The zero-order valence-electron chi connectivity index (χ0n) is 11.2. The van der Waals surface area contributed by atoms with Crippen LogP contribution in [0.2, 0.25) is 0 Å². The Morgan fingerprint density at radius 1 is 1.32 bits per heavy atom. The van der Waals surface area contributed by atoms with Gasteiger partial charge in [-0.1, -0.05) is 0 Å². The molecular formula is C12H13F3N2O4S. The van der Waals surface area contributed by atoms with E-state index in [1.54, 1.807) is 0 Å². The molecule has 2 heterocycles. The molecule has 1 saturated heterocycles. The zero-order chi connectivity index (χ0) is 16.5. The number of hydrogen-bond donors (Lipinski definition) is 1. The van der Waals surface area contributed by atoms with Crippen molar-refractivity contribution < 1.29 is 31.5 Å². The van der Waals surface area contributed by atoms with Crippen molar-refractivity contribution in [3.63, 3.8) is 0 Å². The van der Waals surface area contributed by atoms with Crippen molar-refractivity contribution >= 4 is 16.0 Å². The SMILES string of the molecule is O=C(O)C1CCCCN1S(=O)(=O)c1ccc(C(F)(F)F)cn1. The number of carboxylic acids is 1. The highest BCUT2D eigenvalue weighted by Gasteiger charge is 2.39. The molecule has 1 aliphatic heterocycles. The van der Waals surface area contributed by atoms with Crippen molar-refractivity contribution in [2.75, 3.05) is 6.54 Å². The summed E-state index contributed by atoms with van der Waals surface area (Å²) in [6.45, 7) is 0.00199. The molecule has 0 saturated carbocycles. The Morgan fingerprint density at radius 3 is 2.50 bits per heavy atom. The van der Waals surface area contributed by atoms with Gasteiger partial charge in [0.05, 0.1) is 5.56 Å². The van der Waals surface area contributed by atoms with E-state index in [4.69, 9.17) is 5.11 Å². The van der Waals surface area contributed by atoms with Gasteiger partial charge in [-0.2, -0.15) is 17.5 Å². The topological polar surface area (TPSA) is 87.6 Å². The molecule has 0 aromatic carbocycles. The second kappa shape index (κ2) is 5.84. The second-order valence-electron chi connectivity index (χ2n) is 4.85. The summed E-state index contributed by atoms with van der Waals surface area (Å²) in [5, 5.41) is 8.51. The van der Waals surface area contributed by atoms with E-state index in [1.807, 2.05) is 0 Å². The lowest BCUT2D eigenvalue weighted by Crippen LogP contribution is -2.48. The van der Waals surface area contributed by atoms with E-state index in [0.717, 1.165) is 10.4 Å². The maximum atomic E-state index is 12.5. The van der Waals surface area contributed by atoms with Crippen molar-refractivity contribution in [3.05, 3.63) is 23.9 Å². The number of pyridine rings is 1. The first kappa shape index (κ1) is 16.7. The van der Waals surface area contributed by atoms with Crippen LogP contribution in [0.3, 0.4) is 0 Å². The zero-order valence-corrected chi connectivity index (χ0v) is 12.1. The van der Waals surface area contributed by atoms with Crippen LogP contribution < -0.4 is 0 Å². The molecule has 6 nitrogen and oxygen atoms in total. The van der Waals surface area contributed by atoms with Crippen LogP contribution in [0.25, 0.3) is 0 Å². The lowest BCUT2D eigenvalue weighted by molar-refractivity contribution is -0.142. The first-order chi connectivity index (χ1) is 10.1. The van der Waals surface area contributed by atoms with Crippen molar-refractivity contribution in [2.24, 2.45) is 0 Å². The highest BCUT2D eigenvalue weighted by Crippen LogP contribution is 2.30. The van der Waals surface area contributed by atoms with Gasteiger partial charge >= 0.3 is 12.1 Å². The third-order valence-electron chi connectivity index (χ3n) is 3.38. The van der Waals surface area contributed by atoms with Gasteiger partial charge in [0.15, 0.2) is 5.03 Å². The molecule has 1 aromatic heterocycles. The first-order valence-corrected chi connectivity index (χ1v) is 7.86. The van der Waals surface area contributed by atoms with E-state index in [2.05, 4.69) is 4.98 Å². The van der Waals surface area contributed by atoms with Crippen LogP contribution in [0.1, 0.15) is 24.8 Å². The molecule has 0 amide bonds. The van der Waals surface area contributed by atoms with E-state index in [-0.39, 0.29) is 13.0 Å². The normalized spacial score (nSPS) is 20.8. The Balaban J connectivity index is 2.35. The molecule has 0 spiro atoms. The van der Waals surface area contributed by atoms with E-state index in [9.17, 15) is 26.4 Å². The quantitative estimate of drug-likeness (QED) is 0.907. The molecule has 1 fully saturated rings. The number of carbonyl (C=O) groups is 1. The number of sulfonamides is 1. The summed E-state index contributed by atoms with van der Waals surface area (Å²) >= 11 is 0. The Labute approximate surface area is 124 Å². The summed E-state index contributed by atoms with van der Waals surface area (Å²) in [7, 11) is -4.24. The van der Waals surface area contributed by atoms with Crippen LogP contribution in [0.5, 0.6) is 0 Å². The van der Waals surface area contributed by atoms with Crippen LogP contribution in [0, 0.1) is 0 Å². The minimum Gasteiger partial charge on any atom is -0.480 e. The number of halogens is 3. The summed E-state index contributed by atoms with van der Waals surface area (Å²) in [5.74, 6) is -1.28. The molecule has 0 bridgehead atoms. The lowest BCUT2D eigenvalue weighted by atomic mass is 10.1. The number of rotatable bonds is 3. The predicted octanol–water partition coefficient (Wildman–Crippen LogP) is 1.73. The number of aliphatic carboxylic acids is 1. The number of aromatic nitrogens is 1. The van der Waals surface area contributed by atoms with E-state index < -0.39 is 38.8 Å². The molecule has 1 N–H and O–H groups in total.